The number of hydrogen-bond donors (Lipinski definition) is 1. The normalized spacial score (nSPS) is 22.9. The van der Waals surface area contributed by atoms with Crippen molar-refractivity contribution < 1.29 is 9.47 Å². The predicted octanol–water partition coefficient (Wildman–Crippen LogP) is 2.34. The molecule has 96 valence electrons. The SMILES string of the molecule is CC(C)CCOCCC(N)CC1CCCO1. The minimum Gasteiger partial charge on any atom is -0.381 e. The van der Waals surface area contributed by atoms with Crippen LogP contribution in [0.4, 0.5) is 0 Å². The Balaban J connectivity index is 1.91. The summed E-state index contributed by atoms with van der Waals surface area (Å²) in [5.41, 5.74) is 6.04. The molecule has 0 bridgehead atoms. The second-order valence-electron chi connectivity index (χ2n) is 5.21. The lowest BCUT2D eigenvalue weighted by molar-refractivity contribution is 0.0856. The largest absolute Gasteiger partial charge is 0.381 e. The van der Waals surface area contributed by atoms with Crippen LogP contribution in [0.25, 0.3) is 0 Å². The van der Waals surface area contributed by atoms with Crippen molar-refractivity contribution in [3.8, 4) is 0 Å². The van der Waals surface area contributed by atoms with Crippen molar-refractivity contribution in [2.75, 3.05) is 19.8 Å². The highest BCUT2D eigenvalue weighted by atomic mass is 16.5. The molecule has 1 fully saturated rings. The van der Waals surface area contributed by atoms with Crippen LogP contribution in [0.15, 0.2) is 0 Å². The molecule has 2 atom stereocenters. The second-order valence-corrected chi connectivity index (χ2v) is 5.21. The van der Waals surface area contributed by atoms with Crippen molar-refractivity contribution in [3.05, 3.63) is 0 Å². The quantitative estimate of drug-likeness (QED) is 0.650. The van der Waals surface area contributed by atoms with Gasteiger partial charge in [-0.1, -0.05) is 13.8 Å². The maximum absolute atomic E-state index is 6.04. The lowest BCUT2D eigenvalue weighted by Gasteiger charge is -2.16. The maximum atomic E-state index is 6.04. The zero-order chi connectivity index (χ0) is 11.8. The van der Waals surface area contributed by atoms with Crippen LogP contribution < -0.4 is 5.73 Å². The van der Waals surface area contributed by atoms with Gasteiger partial charge in [-0.15, -0.1) is 0 Å². The second kappa shape index (κ2) is 8.04. The zero-order valence-electron chi connectivity index (χ0n) is 10.8. The van der Waals surface area contributed by atoms with Crippen LogP contribution in [-0.2, 0) is 9.47 Å². The fraction of sp³-hybridized carbons (Fsp3) is 1.00. The molecule has 2 N–H and O–H groups in total. The molecule has 0 aromatic rings. The van der Waals surface area contributed by atoms with Gasteiger partial charge in [0.1, 0.15) is 0 Å². The summed E-state index contributed by atoms with van der Waals surface area (Å²) in [6.45, 7) is 7.01. The standard InChI is InChI=1S/C13H27NO2/c1-11(2)5-8-15-9-6-12(14)10-13-4-3-7-16-13/h11-13H,3-10,14H2,1-2H3. The average molecular weight is 229 g/mol. The van der Waals surface area contributed by atoms with E-state index >= 15 is 0 Å². The molecule has 0 aliphatic carbocycles. The highest BCUT2D eigenvalue weighted by Gasteiger charge is 2.18. The summed E-state index contributed by atoms with van der Waals surface area (Å²) in [5.74, 6) is 0.723. The van der Waals surface area contributed by atoms with E-state index in [1.807, 2.05) is 0 Å². The van der Waals surface area contributed by atoms with E-state index in [9.17, 15) is 0 Å². The van der Waals surface area contributed by atoms with Crippen molar-refractivity contribution >= 4 is 0 Å². The Bertz CT molecular complexity index is 167. The molecule has 0 saturated carbocycles. The minimum absolute atomic E-state index is 0.238. The summed E-state index contributed by atoms with van der Waals surface area (Å²) in [6.07, 6.45) is 5.88. The van der Waals surface area contributed by atoms with Crippen LogP contribution in [0.2, 0.25) is 0 Å². The smallest absolute Gasteiger partial charge is 0.0590 e. The molecular formula is C13H27NO2. The van der Waals surface area contributed by atoms with E-state index in [2.05, 4.69) is 13.8 Å². The van der Waals surface area contributed by atoms with Crippen LogP contribution in [0.5, 0.6) is 0 Å². The summed E-state index contributed by atoms with van der Waals surface area (Å²) in [7, 11) is 0. The van der Waals surface area contributed by atoms with E-state index < -0.39 is 0 Å². The molecule has 3 heteroatoms. The van der Waals surface area contributed by atoms with Gasteiger partial charge in [0, 0.05) is 25.9 Å². The Morgan fingerprint density at radius 3 is 2.69 bits per heavy atom. The molecule has 3 nitrogen and oxygen atoms in total. The third kappa shape index (κ3) is 6.46. The van der Waals surface area contributed by atoms with Crippen molar-refractivity contribution in [3.63, 3.8) is 0 Å². The molecule has 2 unspecified atom stereocenters. The topological polar surface area (TPSA) is 44.5 Å². The van der Waals surface area contributed by atoms with E-state index in [1.54, 1.807) is 0 Å². The Morgan fingerprint density at radius 1 is 1.31 bits per heavy atom. The summed E-state index contributed by atoms with van der Waals surface area (Å²) in [5, 5.41) is 0. The van der Waals surface area contributed by atoms with E-state index in [1.165, 1.54) is 12.8 Å². The van der Waals surface area contributed by atoms with Crippen LogP contribution in [0, 0.1) is 5.92 Å². The number of ether oxygens (including phenoxy) is 2. The number of hydrogen-bond acceptors (Lipinski definition) is 3. The van der Waals surface area contributed by atoms with Crippen molar-refractivity contribution in [1.29, 1.82) is 0 Å². The van der Waals surface area contributed by atoms with Gasteiger partial charge in [-0.3, -0.25) is 0 Å². The van der Waals surface area contributed by atoms with E-state index in [0.29, 0.717) is 6.10 Å². The van der Waals surface area contributed by atoms with Crippen molar-refractivity contribution in [2.24, 2.45) is 11.7 Å². The van der Waals surface area contributed by atoms with Gasteiger partial charge in [0.15, 0.2) is 0 Å². The van der Waals surface area contributed by atoms with Crippen LogP contribution in [0.1, 0.15) is 46.0 Å². The molecule has 0 spiro atoms. The predicted molar refractivity (Wildman–Crippen MR) is 66.5 cm³/mol. The highest BCUT2D eigenvalue weighted by molar-refractivity contribution is 4.72. The van der Waals surface area contributed by atoms with Gasteiger partial charge >= 0.3 is 0 Å². The van der Waals surface area contributed by atoms with Gasteiger partial charge in [0.2, 0.25) is 0 Å². The third-order valence-corrected chi connectivity index (χ3v) is 3.06. The summed E-state index contributed by atoms with van der Waals surface area (Å²) in [4.78, 5) is 0. The van der Waals surface area contributed by atoms with Gasteiger partial charge in [-0.2, -0.15) is 0 Å². The lowest BCUT2D eigenvalue weighted by Crippen LogP contribution is -2.27. The van der Waals surface area contributed by atoms with E-state index in [0.717, 1.165) is 45.0 Å². The highest BCUT2D eigenvalue weighted by Crippen LogP contribution is 2.17. The van der Waals surface area contributed by atoms with Crippen molar-refractivity contribution in [1.82, 2.24) is 0 Å². The Morgan fingerprint density at radius 2 is 2.06 bits per heavy atom. The molecule has 1 aliphatic heterocycles. The Hall–Kier alpha value is -0.120. The molecule has 1 rings (SSSR count). The zero-order valence-corrected chi connectivity index (χ0v) is 10.8. The molecular weight excluding hydrogens is 202 g/mol. The third-order valence-electron chi connectivity index (χ3n) is 3.06. The number of nitrogens with two attached hydrogens (primary N) is 1. The van der Waals surface area contributed by atoms with Gasteiger partial charge < -0.3 is 15.2 Å². The molecule has 0 radical (unpaired) electrons. The van der Waals surface area contributed by atoms with Crippen LogP contribution >= 0.6 is 0 Å². The first-order valence-electron chi connectivity index (χ1n) is 6.63. The molecule has 0 aromatic carbocycles. The monoisotopic (exact) mass is 229 g/mol. The molecule has 1 aliphatic rings. The van der Waals surface area contributed by atoms with E-state index in [4.69, 9.17) is 15.2 Å². The Kier molecular flexibility index (Phi) is 7.01. The van der Waals surface area contributed by atoms with Crippen molar-refractivity contribution in [2.45, 2.75) is 58.1 Å². The molecule has 1 heterocycles. The average Bonchev–Trinajstić information content (AvgIpc) is 2.69. The molecule has 0 aromatic heterocycles. The van der Waals surface area contributed by atoms with Gasteiger partial charge in [-0.25, -0.2) is 0 Å². The van der Waals surface area contributed by atoms with Crippen LogP contribution in [0.3, 0.4) is 0 Å². The fourth-order valence-corrected chi connectivity index (χ4v) is 1.94. The number of rotatable bonds is 8. The first-order valence-corrected chi connectivity index (χ1v) is 6.63. The van der Waals surface area contributed by atoms with E-state index in [-0.39, 0.29) is 6.04 Å². The lowest BCUT2D eigenvalue weighted by atomic mass is 10.1. The fourth-order valence-electron chi connectivity index (χ4n) is 1.94. The molecule has 16 heavy (non-hydrogen) atoms. The first-order chi connectivity index (χ1) is 7.68. The summed E-state index contributed by atoms with van der Waals surface area (Å²) < 4.78 is 11.1. The molecule has 0 amide bonds. The maximum Gasteiger partial charge on any atom is 0.0590 e. The summed E-state index contributed by atoms with van der Waals surface area (Å²) >= 11 is 0. The van der Waals surface area contributed by atoms with Gasteiger partial charge in [-0.05, 0) is 38.0 Å². The molecule has 1 saturated heterocycles. The van der Waals surface area contributed by atoms with Gasteiger partial charge in [0.25, 0.3) is 0 Å². The van der Waals surface area contributed by atoms with Gasteiger partial charge in [0.05, 0.1) is 6.10 Å². The summed E-state index contributed by atoms with van der Waals surface area (Å²) in [6, 6.07) is 0.238. The van der Waals surface area contributed by atoms with Crippen LogP contribution in [-0.4, -0.2) is 32.0 Å². The first kappa shape index (κ1) is 13.9. The minimum atomic E-state index is 0.238. The Labute approximate surface area is 99.7 Å².